The molecule has 8 aromatic carbocycles. The summed E-state index contributed by atoms with van der Waals surface area (Å²) in [6.07, 6.45) is 0. The van der Waals surface area contributed by atoms with Crippen molar-refractivity contribution in [2.45, 2.75) is 9.79 Å². The van der Waals surface area contributed by atoms with Crippen LogP contribution in [-0.2, 0) is 0 Å². The molecule has 11 aromatic rings. The normalized spacial score (nSPS) is 11.8. The fraction of sp³-hybridized carbons (Fsp3) is 0. The molecule has 0 saturated carbocycles. The molecular formula is C49H30N4S. The summed E-state index contributed by atoms with van der Waals surface area (Å²) in [6.45, 7) is 0. The standard InChI is InChI=1S/C49H30N4S/c50-31-32-19-23-36(24-20-32)54-37-25-21-35(22-26-37)53-48-42(29-27-40-38-15-7-9-17-44(38)51(46(40)48)33-11-3-1-4-12-33)43-30-28-41-39-16-8-10-18-45(39)52(47(41)49(43)53)34-13-5-2-6-14-34/h1-30H. The van der Waals surface area contributed by atoms with Crippen LogP contribution in [0.2, 0.25) is 0 Å². The molecule has 0 atom stereocenters. The Kier molecular flexibility index (Phi) is 6.82. The molecule has 0 fully saturated rings. The van der Waals surface area contributed by atoms with Crippen LogP contribution in [-0.4, -0.2) is 13.7 Å². The minimum Gasteiger partial charge on any atom is -0.307 e. The lowest BCUT2D eigenvalue weighted by molar-refractivity contribution is 1.13. The van der Waals surface area contributed by atoms with Gasteiger partial charge in [-0.1, -0.05) is 109 Å². The number of fused-ring (bicyclic) bond motifs is 11. The molecule has 0 bridgehead atoms. The van der Waals surface area contributed by atoms with Crippen LogP contribution >= 0.6 is 11.8 Å². The molecule has 54 heavy (non-hydrogen) atoms. The van der Waals surface area contributed by atoms with Crippen molar-refractivity contribution in [2.75, 3.05) is 0 Å². The number of nitriles is 1. The molecule has 0 spiro atoms. The Hall–Kier alpha value is -7.00. The fourth-order valence-electron chi connectivity index (χ4n) is 8.43. The highest BCUT2D eigenvalue weighted by atomic mass is 32.2. The Morgan fingerprint density at radius 1 is 0.333 bits per heavy atom. The van der Waals surface area contributed by atoms with E-state index in [2.05, 4.69) is 177 Å². The molecule has 0 unspecified atom stereocenters. The van der Waals surface area contributed by atoms with Gasteiger partial charge < -0.3 is 13.7 Å². The molecule has 0 amide bonds. The molecule has 3 heterocycles. The van der Waals surface area contributed by atoms with E-state index < -0.39 is 0 Å². The molecule has 0 N–H and O–H groups in total. The van der Waals surface area contributed by atoms with Crippen LogP contribution in [0.5, 0.6) is 0 Å². The summed E-state index contributed by atoms with van der Waals surface area (Å²) in [7, 11) is 0. The van der Waals surface area contributed by atoms with Gasteiger partial charge in [0.05, 0.1) is 44.7 Å². The topological polar surface area (TPSA) is 38.6 Å². The maximum absolute atomic E-state index is 9.31. The zero-order chi connectivity index (χ0) is 35.8. The van der Waals surface area contributed by atoms with Gasteiger partial charge in [0, 0.05) is 59.2 Å². The zero-order valence-electron chi connectivity index (χ0n) is 29.0. The minimum atomic E-state index is 0.666. The third kappa shape index (κ3) is 4.51. The Labute approximate surface area is 315 Å². The lowest BCUT2D eigenvalue weighted by atomic mass is 10.1. The second-order valence-electron chi connectivity index (χ2n) is 13.7. The number of hydrogen-bond donors (Lipinski definition) is 0. The molecule has 0 radical (unpaired) electrons. The largest absolute Gasteiger partial charge is 0.307 e. The average Bonchev–Trinajstić information content (AvgIpc) is 3.88. The van der Waals surface area contributed by atoms with Gasteiger partial charge in [0.1, 0.15) is 0 Å². The number of benzene rings is 8. The van der Waals surface area contributed by atoms with Crippen LogP contribution in [0.25, 0.3) is 82.5 Å². The minimum absolute atomic E-state index is 0.666. The van der Waals surface area contributed by atoms with E-state index in [1.165, 1.54) is 65.4 Å². The van der Waals surface area contributed by atoms with Crippen LogP contribution in [0.3, 0.4) is 0 Å². The Morgan fingerprint density at radius 2 is 0.704 bits per heavy atom. The number of para-hydroxylation sites is 4. The van der Waals surface area contributed by atoms with Crippen LogP contribution in [0.4, 0.5) is 0 Å². The lowest BCUT2D eigenvalue weighted by Crippen LogP contribution is -2.00. The third-order valence-electron chi connectivity index (χ3n) is 10.7. The van der Waals surface area contributed by atoms with Gasteiger partial charge in [-0.3, -0.25) is 0 Å². The van der Waals surface area contributed by atoms with Crippen LogP contribution in [0.15, 0.2) is 192 Å². The number of nitrogens with zero attached hydrogens (tertiary/aromatic N) is 4. The average molecular weight is 707 g/mol. The van der Waals surface area contributed by atoms with Gasteiger partial charge in [0.2, 0.25) is 0 Å². The highest BCUT2D eigenvalue weighted by molar-refractivity contribution is 7.99. The maximum Gasteiger partial charge on any atom is 0.0991 e. The molecule has 0 aliphatic carbocycles. The zero-order valence-corrected chi connectivity index (χ0v) is 29.8. The summed E-state index contributed by atoms with van der Waals surface area (Å²) >= 11 is 1.70. The first-order valence-corrected chi connectivity index (χ1v) is 18.9. The monoisotopic (exact) mass is 706 g/mol. The van der Waals surface area contributed by atoms with Crippen LogP contribution < -0.4 is 0 Å². The number of rotatable bonds is 5. The summed E-state index contributed by atoms with van der Waals surface area (Å²) in [6, 6.07) is 67.3. The van der Waals surface area contributed by atoms with Crippen molar-refractivity contribution in [1.82, 2.24) is 13.7 Å². The van der Waals surface area contributed by atoms with Gasteiger partial charge in [0.15, 0.2) is 0 Å². The van der Waals surface area contributed by atoms with Crippen molar-refractivity contribution in [2.24, 2.45) is 0 Å². The van der Waals surface area contributed by atoms with Gasteiger partial charge in [0.25, 0.3) is 0 Å². The molecule has 4 nitrogen and oxygen atoms in total. The summed E-state index contributed by atoms with van der Waals surface area (Å²) in [4.78, 5) is 2.23. The first-order chi connectivity index (χ1) is 26.8. The summed E-state index contributed by atoms with van der Waals surface area (Å²) in [5.74, 6) is 0. The van der Waals surface area contributed by atoms with Crippen LogP contribution in [0, 0.1) is 11.3 Å². The van der Waals surface area contributed by atoms with E-state index in [1.807, 2.05) is 24.3 Å². The highest BCUT2D eigenvalue weighted by Crippen LogP contribution is 2.46. The van der Waals surface area contributed by atoms with Gasteiger partial charge in [-0.15, -0.1) is 0 Å². The van der Waals surface area contributed by atoms with Crippen molar-refractivity contribution in [1.29, 1.82) is 5.26 Å². The van der Waals surface area contributed by atoms with E-state index in [0.717, 1.165) is 26.9 Å². The van der Waals surface area contributed by atoms with Gasteiger partial charge in [-0.25, -0.2) is 0 Å². The van der Waals surface area contributed by atoms with Crippen molar-refractivity contribution in [3.8, 4) is 23.1 Å². The quantitative estimate of drug-likeness (QED) is 0.179. The number of aromatic nitrogens is 3. The van der Waals surface area contributed by atoms with E-state index in [9.17, 15) is 5.26 Å². The SMILES string of the molecule is N#Cc1ccc(Sc2ccc(-n3c4c(ccc5c6ccccc6n(-c6ccccc6)c54)c4ccc5c6ccccc6n(-c6ccccc6)c5c43)cc2)cc1. The molecule has 0 aliphatic rings. The second kappa shape index (κ2) is 12.0. The van der Waals surface area contributed by atoms with Crippen molar-refractivity contribution in [3.05, 3.63) is 188 Å². The second-order valence-corrected chi connectivity index (χ2v) is 14.8. The van der Waals surface area contributed by atoms with Gasteiger partial charge in [-0.05, 0) is 84.9 Å². The van der Waals surface area contributed by atoms with Crippen molar-refractivity contribution < 1.29 is 0 Å². The van der Waals surface area contributed by atoms with E-state index in [4.69, 9.17) is 0 Å². The molecule has 5 heteroatoms. The molecule has 3 aromatic heterocycles. The van der Waals surface area contributed by atoms with E-state index in [1.54, 1.807) is 11.8 Å². The Morgan fingerprint density at radius 3 is 1.17 bits per heavy atom. The third-order valence-corrected chi connectivity index (χ3v) is 11.7. The smallest absolute Gasteiger partial charge is 0.0991 e. The number of hydrogen-bond acceptors (Lipinski definition) is 2. The summed E-state index contributed by atoms with van der Waals surface area (Å²) in [5, 5.41) is 16.6. The van der Waals surface area contributed by atoms with Crippen LogP contribution in [0.1, 0.15) is 5.56 Å². The molecule has 0 saturated heterocycles. The Bertz CT molecular complexity index is 3100. The van der Waals surface area contributed by atoms with Gasteiger partial charge in [-0.2, -0.15) is 5.26 Å². The molecule has 0 aliphatic heterocycles. The first-order valence-electron chi connectivity index (χ1n) is 18.1. The summed E-state index contributed by atoms with van der Waals surface area (Å²) < 4.78 is 7.41. The lowest BCUT2D eigenvalue weighted by Gasteiger charge is -2.14. The van der Waals surface area contributed by atoms with Gasteiger partial charge >= 0.3 is 0 Å². The van der Waals surface area contributed by atoms with Crippen molar-refractivity contribution in [3.63, 3.8) is 0 Å². The van der Waals surface area contributed by atoms with E-state index in [-0.39, 0.29) is 0 Å². The first kappa shape index (κ1) is 30.6. The predicted molar refractivity (Wildman–Crippen MR) is 225 cm³/mol. The fourth-order valence-corrected chi connectivity index (χ4v) is 9.24. The predicted octanol–water partition coefficient (Wildman–Crippen LogP) is 13.0. The molecule has 252 valence electrons. The maximum atomic E-state index is 9.31. The van der Waals surface area contributed by atoms with E-state index >= 15 is 0 Å². The van der Waals surface area contributed by atoms with Crippen molar-refractivity contribution >= 4 is 77.2 Å². The highest BCUT2D eigenvalue weighted by Gasteiger charge is 2.25. The summed E-state index contributed by atoms with van der Waals surface area (Å²) in [5.41, 5.74) is 11.1. The molecule has 11 rings (SSSR count). The Balaban J connectivity index is 1.30. The van der Waals surface area contributed by atoms with E-state index in [0.29, 0.717) is 5.56 Å². The molecular weight excluding hydrogens is 677 g/mol.